The van der Waals surface area contributed by atoms with Gasteiger partial charge < -0.3 is 5.11 Å². The van der Waals surface area contributed by atoms with E-state index < -0.39 is 11.6 Å². The molecular formula is C7H4Cl3FO. The Morgan fingerprint density at radius 3 is 2.08 bits per heavy atom. The normalized spacial score (nSPS) is 10.4. The van der Waals surface area contributed by atoms with Crippen LogP contribution in [-0.4, -0.2) is 5.11 Å². The Balaban J connectivity index is 3.60. The summed E-state index contributed by atoms with van der Waals surface area (Å²) in [7, 11) is 0. The van der Waals surface area contributed by atoms with Crippen molar-refractivity contribution in [2.75, 3.05) is 0 Å². The Morgan fingerprint density at radius 1 is 1.08 bits per heavy atom. The molecule has 12 heavy (non-hydrogen) atoms. The molecule has 0 radical (unpaired) electrons. The molecule has 0 amide bonds. The number of halogens is 4. The lowest BCUT2D eigenvalue weighted by atomic mass is 10.2. The molecule has 1 nitrogen and oxygen atoms in total. The molecule has 0 heterocycles. The third kappa shape index (κ3) is 1.35. The smallest absolute Gasteiger partial charge is 0.172 e. The van der Waals surface area contributed by atoms with E-state index in [1.165, 1.54) is 6.92 Å². The van der Waals surface area contributed by atoms with Gasteiger partial charge in [-0.25, -0.2) is 4.39 Å². The highest BCUT2D eigenvalue weighted by atomic mass is 35.5. The van der Waals surface area contributed by atoms with Crippen LogP contribution in [-0.2, 0) is 0 Å². The van der Waals surface area contributed by atoms with Crippen molar-refractivity contribution in [2.24, 2.45) is 0 Å². The summed E-state index contributed by atoms with van der Waals surface area (Å²) in [4.78, 5) is 0. The fourth-order valence-corrected chi connectivity index (χ4v) is 1.37. The SMILES string of the molecule is Cc1c(F)c(O)c(Cl)c(Cl)c1Cl. The lowest BCUT2D eigenvalue weighted by Crippen LogP contribution is -1.87. The molecule has 0 saturated carbocycles. The maximum atomic E-state index is 13.0. The summed E-state index contributed by atoms with van der Waals surface area (Å²) >= 11 is 16.6. The molecule has 1 rings (SSSR count). The second-order valence-electron chi connectivity index (χ2n) is 2.23. The van der Waals surface area contributed by atoms with Crippen molar-refractivity contribution >= 4 is 34.8 Å². The minimum absolute atomic E-state index is 0.0250. The first kappa shape index (κ1) is 9.90. The second-order valence-corrected chi connectivity index (χ2v) is 3.36. The van der Waals surface area contributed by atoms with Crippen LogP contribution in [0.5, 0.6) is 5.75 Å². The Morgan fingerprint density at radius 2 is 1.58 bits per heavy atom. The van der Waals surface area contributed by atoms with Gasteiger partial charge >= 0.3 is 0 Å². The van der Waals surface area contributed by atoms with E-state index in [0.29, 0.717) is 0 Å². The van der Waals surface area contributed by atoms with Crippen molar-refractivity contribution in [3.05, 3.63) is 26.4 Å². The monoisotopic (exact) mass is 228 g/mol. The highest BCUT2D eigenvalue weighted by Crippen LogP contribution is 2.41. The third-order valence-electron chi connectivity index (χ3n) is 1.46. The van der Waals surface area contributed by atoms with Gasteiger partial charge in [-0.2, -0.15) is 0 Å². The quantitative estimate of drug-likeness (QED) is 0.530. The number of hydrogen-bond acceptors (Lipinski definition) is 1. The van der Waals surface area contributed by atoms with Crippen LogP contribution in [0.25, 0.3) is 0 Å². The lowest BCUT2D eigenvalue weighted by Gasteiger charge is -2.06. The van der Waals surface area contributed by atoms with Gasteiger partial charge in [0.1, 0.15) is 5.02 Å². The Labute approximate surface area is 83.7 Å². The molecule has 0 spiro atoms. The first-order valence-electron chi connectivity index (χ1n) is 2.98. The van der Waals surface area contributed by atoms with E-state index >= 15 is 0 Å². The van der Waals surface area contributed by atoms with Crippen molar-refractivity contribution in [2.45, 2.75) is 6.92 Å². The molecule has 0 aliphatic carbocycles. The molecular weight excluding hydrogens is 225 g/mol. The molecule has 0 atom stereocenters. The molecule has 0 bridgehead atoms. The second kappa shape index (κ2) is 3.29. The molecule has 0 aromatic heterocycles. The van der Waals surface area contributed by atoms with E-state index in [1.54, 1.807) is 0 Å². The van der Waals surface area contributed by atoms with E-state index in [2.05, 4.69) is 0 Å². The van der Waals surface area contributed by atoms with Gasteiger partial charge in [-0.1, -0.05) is 34.8 Å². The Hall–Kier alpha value is -0.180. The molecule has 66 valence electrons. The summed E-state index contributed by atoms with van der Waals surface area (Å²) in [5, 5.41) is 8.78. The van der Waals surface area contributed by atoms with Gasteiger partial charge in [-0.05, 0) is 6.92 Å². The third-order valence-corrected chi connectivity index (χ3v) is 2.87. The van der Waals surface area contributed by atoms with Crippen LogP contribution in [0.15, 0.2) is 0 Å². The van der Waals surface area contributed by atoms with E-state index in [0.717, 1.165) is 0 Å². The van der Waals surface area contributed by atoms with Gasteiger partial charge in [0.15, 0.2) is 11.6 Å². The molecule has 0 unspecified atom stereocenters. The van der Waals surface area contributed by atoms with Crippen molar-refractivity contribution in [1.29, 1.82) is 0 Å². The summed E-state index contributed by atoms with van der Waals surface area (Å²) in [5.74, 6) is -1.50. The molecule has 0 saturated heterocycles. The topological polar surface area (TPSA) is 20.2 Å². The van der Waals surface area contributed by atoms with Crippen LogP contribution >= 0.6 is 34.8 Å². The molecule has 5 heteroatoms. The van der Waals surface area contributed by atoms with Crippen molar-refractivity contribution < 1.29 is 9.50 Å². The van der Waals surface area contributed by atoms with Gasteiger partial charge in [0.25, 0.3) is 0 Å². The first-order valence-corrected chi connectivity index (χ1v) is 4.11. The van der Waals surface area contributed by atoms with Crippen LogP contribution < -0.4 is 0 Å². The number of rotatable bonds is 0. The molecule has 0 aliphatic rings. The maximum Gasteiger partial charge on any atom is 0.172 e. The highest BCUT2D eigenvalue weighted by molar-refractivity contribution is 6.48. The zero-order valence-corrected chi connectivity index (χ0v) is 8.23. The highest BCUT2D eigenvalue weighted by Gasteiger charge is 2.17. The van der Waals surface area contributed by atoms with E-state index in [4.69, 9.17) is 39.9 Å². The van der Waals surface area contributed by atoms with E-state index in [1.807, 2.05) is 0 Å². The molecule has 1 N–H and O–H groups in total. The molecule has 1 aromatic rings. The molecule has 0 fully saturated rings. The van der Waals surface area contributed by atoms with Crippen molar-refractivity contribution in [3.8, 4) is 5.75 Å². The zero-order valence-electron chi connectivity index (χ0n) is 5.96. The zero-order chi connectivity index (χ0) is 9.46. The van der Waals surface area contributed by atoms with Crippen LogP contribution in [0.1, 0.15) is 5.56 Å². The minimum atomic E-state index is -0.839. The standard InChI is InChI=1S/C7H4Cl3FO/c1-2-3(8)4(9)5(10)7(12)6(2)11/h12H,1H3. The number of benzene rings is 1. The predicted octanol–water partition coefficient (Wildman–Crippen LogP) is 3.80. The van der Waals surface area contributed by atoms with Crippen LogP contribution in [0, 0.1) is 12.7 Å². The summed E-state index contributed by atoms with van der Waals surface area (Å²) in [6, 6.07) is 0. The fraction of sp³-hybridized carbons (Fsp3) is 0.143. The van der Waals surface area contributed by atoms with Gasteiger partial charge in [0.05, 0.1) is 10.0 Å². The van der Waals surface area contributed by atoms with Crippen LogP contribution in [0.3, 0.4) is 0 Å². The summed E-state index contributed by atoms with van der Waals surface area (Å²) in [6.45, 7) is 1.40. The number of phenols is 1. The molecule has 0 aliphatic heterocycles. The fourth-order valence-electron chi connectivity index (χ4n) is 0.735. The summed E-state index contributed by atoms with van der Waals surface area (Å²) in [5.41, 5.74) is 0.0866. The minimum Gasteiger partial charge on any atom is -0.504 e. The summed E-state index contributed by atoms with van der Waals surface area (Å²) < 4.78 is 13.0. The number of aromatic hydroxyl groups is 1. The summed E-state index contributed by atoms with van der Waals surface area (Å²) in [6.07, 6.45) is 0. The maximum absolute atomic E-state index is 13.0. The number of phenolic OH excluding ortho intramolecular Hbond substituents is 1. The lowest BCUT2D eigenvalue weighted by molar-refractivity contribution is 0.430. The van der Waals surface area contributed by atoms with Gasteiger partial charge in [-0.15, -0.1) is 0 Å². The van der Waals surface area contributed by atoms with Crippen LogP contribution in [0.4, 0.5) is 4.39 Å². The average molecular weight is 229 g/mol. The number of hydrogen-bond donors (Lipinski definition) is 1. The Bertz CT molecular complexity index is 233. The van der Waals surface area contributed by atoms with Crippen molar-refractivity contribution in [3.63, 3.8) is 0 Å². The average Bonchev–Trinajstić information content (AvgIpc) is 2.08. The molecule has 1 aromatic carbocycles. The van der Waals surface area contributed by atoms with Gasteiger partial charge in [-0.3, -0.25) is 0 Å². The van der Waals surface area contributed by atoms with E-state index in [9.17, 15) is 4.39 Å². The van der Waals surface area contributed by atoms with Gasteiger partial charge in [0.2, 0.25) is 0 Å². The largest absolute Gasteiger partial charge is 0.504 e. The van der Waals surface area contributed by atoms with Crippen molar-refractivity contribution in [1.82, 2.24) is 0 Å². The van der Waals surface area contributed by atoms with Crippen LogP contribution in [0.2, 0.25) is 15.1 Å². The predicted molar refractivity (Wildman–Crippen MR) is 47.8 cm³/mol. The first-order chi connectivity index (χ1) is 5.46. The van der Waals surface area contributed by atoms with E-state index in [-0.39, 0.29) is 20.6 Å². The Kier molecular flexibility index (Phi) is 2.71. The van der Waals surface area contributed by atoms with Gasteiger partial charge in [0, 0.05) is 5.56 Å².